The number of rotatable bonds is 5. The molecule has 0 spiro atoms. The molecule has 4 N–H and O–H groups in total. The molecule has 0 aliphatic heterocycles. The molecule has 26 heavy (non-hydrogen) atoms. The minimum absolute atomic E-state index is 0.408. The van der Waals surface area contributed by atoms with Gasteiger partial charge in [0.15, 0.2) is 5.82 Å². The molecular weight excluding hydrogens is 326 g/mol. The molecular formula is C19H23N7. The van der Waals surface area contributed by atoms with E-state index in [1.165, 1.54) is 0 Å². The van der Waals surface area contributed by atoms with Crippen LogP contribution in [-0.4, -0.2) is 26.2 Å². The van der Waals surface area contributed by atoms with Gasteiger partial charge in [0.05, 0.1) is 11.8 Å². The fraction of sp³-hybridized carbons (Fsp3) is 0.421. The zero-order valence-corrected chi connectivity index (χ0v) is 14.8. The van der Waals surface area contributed by atoms with Crippen LogP contribution in [0.25, 0.3) is 11.0 Å². The van der Waals surface area contributed by atoms with Gasteiger partial charge in [0, 0.05) is 41.9 Å². The van der Waals surface area contributed by atoms with Gasteiger partial charge in [-0.15, -0.1) is 0 Å². The number of aryl methyl sites for hydroxylation is 1. The van der Waals surface area contributed by atoms with Crippen LogP contribution in [-0.2, 0) is 0 Å². The Morgan fingerprint density at radius 3 is 2.81 bits per heavy atom. The number of aromatic nitrogens is 4. The Bertz CT molecular complexity index is 925. The molecule has 7 nitrogen and oxygen atoms in total. The third kappa shape index (κ3) is 3.49. The van der Waals surface area contributed by atoms with Crippen LogP contribution < -0.4 is 10.6 Å². The van der Waals surface area contributed by atoms with Crippen LogP contribution in [0.15, 0.2) is 24.4 Å². The number of anilines is 3. The summed E-state index contributed by atoms with van der Waals surface area (Å²) in [5, 5.41) is 24.1. The molecule has 0 unspecified atom stereocenters. The maximum Gasteiger partial charge on any atom is 0.152 e. The van der Waals surface area contributed by atoms with Crippen molar-refractivity contribution < 1.29 is 0 Å². The zero-order valence-electron chi connectivity index (χ0n) is 14.8. The lowest BCUT2D eigenvalue weighted by molar-refractivity contribution is 0.342. The van der Waals surface area contributed by atoms with E-state index in [0.717, 1.165) is 59.7 Å². The Morgan fingerprint density at radius 1 is 1.23 bits per heavy atom. The Hall–Kier alpha value is -3.01. The molecule has 0 bridgehead atoms. The molecule has 1 aliphatic carbocycles. The van der Waals surface area contributed by atoms with Gasteiger partial charge in [-0.1, -0.05) is 0 Å². The van der Waals surface area contributed by atoms with Gasteiger partial charge >= 0.3 is 0 Å². The Kier molecular flexibility index (Phi) is 4.48. The maximum absolute atomic E-state index is 8.86. The fourth-order valence-electron chi connectivity index (χ4n) is 3.68. The topological polar surface area (TPSA) is 105 Å². The number of nitriles is 1. The van der Waals surface area contributed by atoms with E-state index < -0.39 is 0 Å². The highest BCUT2D eigenvalue weighted by Crippen LogP contribution is 2.31. The molecule has 0 saturated heterocycles. The van der Waals surface area contributed by atoms with Crippen molar-refractivity contribution >= 4 is 28.4 Å². The number of fused-ring (bicyclic) bond motifs is 1. The third-order valence-corrected chi connectivity index (χ3v) is 5.08. The second-order valence-electron chi connectivity index (χ2n) is 7.08. The van der Waals surface area contributed by atoms with Crippen molar-refractivity contribution in [2.75, 3.05) is 10.6 Å². The van der Waals surface area contributed by atoms with Gasteiger partial charge in [-0.3, -0.25) is 5.10 Å². The average molecular weight is 349 g/mol. The first kappa shape index (κ1) is 16.5. The number of aromatic amines is 2. The normalized spacial score (nSPS) is 20.0. The number of pyridine rings is 1. The van der Waals surface area contributed by atoms with E-state index in [-0.39, 0.29) is 0 Å². The monoisotopic (exact) mass is 349 g/mol. The molecule has 1 aliphatic rings. The summed E-state index contributed by atoms with van der Waals surface area (Å²) in [6, 6.07) is 8.74. The molecule has 0 radical (unpaired) electrons. The van der Waals surface area contributed by atoms with Gasteiger partial charge < -0.3 is 15.6 Å². The van der Waals surface area contributed by atoms with Gasteiger partial charge in [0.1, 0.15) is 11.5 Å². The molecule has 0 amide bonds. The van der Waals surface area contributed by atoms with Gasteiger partial charge in [0.25, 0.3) is 0 Å². The number of nitrogens with one attached hydrogen (secondary N) is 4. The summed E-state index contributed by atoms with van der Waals surface area (Å²) >= 11 is 0. The van der Waals surface area contributed by atoms with E-state index in [1.54, 1.807) is 0 Å². The van der Waals surface area contributed by atoms with Crippen LogP contribution in [0.5, 0.6) is 0 Å². The lowest BCUT2D eigenvalue weighted by Gasteiger charge is -2.28. The lowest BCUT2D eigenvalue weighted by atomic mass is 9.84. The second-order valence-corrected chi connectivity index (χ2v) is 7.08. The molecule has 1 fully saturated rings. The van der Waals surface area contributed by atoms with Crippen LogP contribution in [0.2, 0.25) is 0 Å². The molecule has 1 saturated carbocycles. The smallest absolute Gasteiger partial charge is 0.152 e. The maximum atomic E-state index is 8.86. The number of hydrogen-bond donors (Lipinski definition) is 4. The van der Waals surface area contributed by atoms with E-state index in [1.807, 2.05) is 31.3 Å². The number of hydrogen-bond acceptors (Lipinski definition) is 5. The van der Waals surface area contributed by atoms with E-state index in [4.69, 9.17) is 10.2 Å². The molecule has 4 rings (SSSR count). The van der Waals surface area contributed by atoms with E-state index in [0.29, 0.717) is 18.4 Å². The highest BCUT2D eigenvalue weighted by atomic mass is 15.2. The Balaban J connectivity index is 1.52. The predicted octanol–water partition coefficient (Wildman–Crippen LogP) is 4.22. The minimum Gasteiger partial charge on any atom is -0.367 e. The SMILES string of the molecule is Cc1cc(Nc2cc(N[C@H]3CC[C@H](CC#N)CC3)nc3[nH]ccc23)n[nH]1. The molecule has 0 atom stereocenters. The van der Waals surface area contributed by atoms with Gasteiger partial charge in [-0.25, -0.2) is 4.98 Å². The summed E-state index contributed by atoms with van der Waals surface area (Å²) in [6.45, 7) is 1.98. The van der Waals surface area contributed by atoms with Gasteiger partial charge in [0.2, 0.25) is 0 Å². The highest BCUT2D eigenvalue weighted by Gasteiger charge is 2.21. The largest absolute Gasteiger partial charge is 0.367 e. The number of H-pyrrole nitrogens is 2. The quantitative estimate of drug-likeness (QED) is 0.552. The predicted molar refractivity (Wildman–Crippen MR) is 102 cm³/mol. The van der Waals surface area contributed by atoms with Crippen molar-refractivity contribution in [3.63, 3.8) is 0 Å². The summed E-state index contributed by atoms with van der Waals surface area (Å²) in [4.78, 5) is 7.90. The summed E-state index contributed by atoms with van der Waals surface area (Å²) in [5.74, 6) is 2.20. The summed E-state index contributed by atoms with van der Waals surface area (Å²) in [7, 11) is 0. The first-order chi connectivity index (χ1) is 12.7. The second kappa shape index (κ2) is 7.08. The van der Waals surface area contributed by atoms with Crippen molar-refractivity contribution in [2.45, 2.75) is 45.1 Å². The van der Waals surface area contributed by atoms with E-state index in [2.05, 4.69) is 31.9 Å². The van der Waals surface area contributed by atoms with E-state index >= 15 is 0 Å². The van der Waals surface area contributed by atoms with Crippen molar-refractivity contribution in [3.8, 4) is 6.07 Å². The van der Waals surface area contributed by atoms with Crippen LogP contribution in [0.4, 0.5) is 17.3 Å². The van der Waals surface area contributed by atoms with Crippen LogP contribution in [0.1, 0.15) is 37.8 Å². The van der Waals surface area contributed by atoms with Gasteiger partial charge in [-0.05, 0) is 44.6 Å². The van der Waals surface area contributed by atoms with Crippen molar-refractivity contribution in [3.05, 3.63) is 30.1 Å². The average Bonchev–Trinajstić information content (AvgIpc) is 3.26. The van der Waals surface area contributed by atoms with Crippen LogP contribution in [0.3, 0.4) is 0 Å². The summed E-state index contributed by atoms with van der Waals surface area (Å²) in [5.41, 5.74) is 2.84. The number of nitrogens with zero attached hydrogens (tertiary/aromatic N) is 3. The van der Waals surface area contributed by atoms with Crippen molar-refractivity contribution in [1.82, 2.24) is 20.2 Å². The lowest BCUT2D eigenvalue weighted by Crippen LogP contribution is -2.26. The summed E-state index contributed by atoms with van der Waals surface area (Å²) in [6.07, 6.45) is 6.95. The van der Waals surface area contributed by atoms with Gasteiger partial charge in [-0.2, -0.15) is 10.4 Å². The molecule has 3 aromatic heterocycles. The molecule has 7 heteroatoms. The standard InChI is InChI=1S/C19H23N7/c1-12-10-18(26-25-12)23-16-11-17(24-19-15(16)7-9-21-19)22-14-4-2-13(3-5-14)6-8-20/h7,9-11,13-14H,2-6H2,1H3,(H4,21,22,23,24,25,26)/t13-,14-. The zero-order chi connectivity index (χ0) is 17.9. The third-order valence-electron chi connectivity index (χ3n) is 5.08. The highest BCUT2D eigenvalue weighted by molar-refractivity contribution is 5.92. The Morgan fingerprint density at radius 2 is 2.08 bits per heavy atom. The first-order valence-corrected chi connectivity index (χ1v) is 9.12. The van der Waals surface area contributed by atoms with Crippen molar-refractivity contribution in [1.29, 1.82) is 5.26 Å². The molecule has 3 aromatic rings. The van der Waals surface area contributed by atoms with Crippen molar-refractivity contribution in [2.24, 2.45) is 5.92 Å². The van der Waals surface area contributed by atoms with Crippen LogP contribution in [0, 0.1) is 24.2 Å². The summed E-state index contributed by atoms with van der Waals surface area (Å²) < 4.78 is 0. The van der Waals surface area contributed by atoms with Crippen LogP contribution >= 0.6 is 0 Å². The fourth-order valence-corrected chi connectivity index (χ4v) is 3.68. The Labute approximate surface area is 152 Å². The first-order valence-electron chi connectivity index (χ1n) is 9.12. The van der Waals surface area contributed by atoms with E-state index in [9.17, 15) is 0 Å². The molecule has 134 valence electrons. The minimum atomic E-state index is 0.408. The molecule has 0 aromatic carbocycles. The molecule has 3 heterocycles.